The second-order valence-electron chi connectivity index (χ2n) is 21.1. The smallest absolute Gasteiger partial charge is 0.306 e. The van der Waals surface area contributed by atoms with Gasteiger partial charge in [-0.15, -0.1) is 0 Å². The first kappa shape index (κ1) is 73.1. The molecule has 450 valence electrons. The lowest BCUT2D eigenvalue weighted by Gasteiger charge is -2.41. The molecule has 0 saturated carbocycles. The number of carbonyl (C=O) groups excluding carboxylic acids is 2. The Kier molecular flexibility index (Phi) is 50.5. The molecule has 1 fully saturated rings. The number of hydrogen-bond donors (Lipinski definition) is 6. The molecule has 1 saturated heterocycles. The number of hydrogen-bond acceptors (Lipinski definition) is 10. The molecule has 79 heavy (non-hydrogen) atoms. The Hall–Kier alpha value is -3.94. The van der Waals surface area contributed by atoms with E-state index < -0.39 is 67.4 Å². The number of allylic oxidation sites excluding steroid dienone is 19. The van der Waals surface area contributed by atoms with Crippen LogP contribution in [0.15, 0.2) is 122 Å². The van der Waals surface area contributed by atoms with Crippen molar-refractivity contribution in [3.63, 3.8) is 0 Å². The van der Waals surface area contributed by atoms with Crippen LogP contribution in [-0.4, -0.2) is 99.6 Å². The number of rotatable bonds is 51. The Bertz CT molecular complexity index is 1740. The van der Waals surface area contributed by atoms with Crippen LogP contribution in [0, 0.1) is 0 Å². The number of ether oxygens (including phenoxy) is 3. The molecule has 6 N–H and O–H groups in total. The number of aliphatic hydroxyl groups excluding tert-OH is 5. The van der Waals surface area contributed by atoms with Gasteiger partial charge < -0.3 is 45.1 Å². The molecule has 0 aromatic heterocycles. The van der Waals surface area contributed by atoms with Crippen LogP contribution in [-0.2, 0) is 23.8 Å². The van der Waals surface area contributed by atoms with Gasteiger partial charge in [0.2, 0.25) is 5.91 Å². The second kappa shape index (κ2) is 54.6. The van der Waals surface area contributed by atoms with Gasteiger partial charge in [0.25, 0.3) is 0 Å². The molecule has 0 spiro atoms. The van der Waals surface area contributed by atoms with E-state index in [9.17, 15) is 35.1 Å². The number of carbonyl (C=O) groups is 2. The molecule has 1 aliphatic rings. The van der Waals surface area contributed by atoms with Crippen LogP contribution in [0.5, 0.6) is 0 Å². The summed E-state index contributed by atoms with van der Waals surface area (Å²) in [6, 6.07) is -1.04. The monoisotopic (exact) mass is 1100 g/mol. The lowest BCUT2D eigenvalue weighted by molar-refractivity contribution is -0.305. The Balaban J connectivity index is 2.63. The Morgan fingerprint density at radius 1 is 0.519 bits per heavy atom. The molecule has 8 unspecified atom stereocenters. The summed E-state index contributed by atoms with van der Waals surface area (Å²) in [7, 11) is 0. The highest BCUT2D eigenvalue weighted by Gasteiger charge is 2.47. The highest BCUT2D eigenvalue weighted by Crippen LogP contribution is 2.26. The first-order valence-corrected chi connectivity index (χ1v) is 31.3. The van der Waals surface area contributed by atoms with Crippen molar-refractivity contribution in [2.75, 3.05) is 13.2 Å². The van der Waals surface area contributed by atoms with E-state index in [0.717, 1.165) is 141 Å². The normalized spacial score (nSPS) is 19.7. The van der Waals surface area contributed by atoms with Crippen LogP contribution < -0.4 is 5.32 Å². The first-order valence-electron chi connectivity index (χ1n) is 31.3. The van der Waals surface area contributed by atoms with Crippen LogP contribution >= 0.6 is 0 Å². The number of amides is 1. The third-order valence-electron chi connectivity index (χ3n) is 13.9. The Labute approximate surface area is 480 Å². The predicted octanol–water partition coefficient (Wildman–Crippen LogP) is 15.1. The van der Waals surface area contributed by atoms with Crippen LogP contribution in [0.3, 0.4) is 0 Å². The van der Waals surface area contributed by atoms with E-state index in [0.29, 0.717) is 12.8 Å². The van der Waals surface area contributed by atoms with E-state index in [1.165, 1.54) is 44.9 Å². The van der Waals surface area contributed by atoms with Crippen LogP contribution in [0.1, 0.15) is 233 Å². The lowest BCUT2D eigenvalue weighted by Crippen LogP contribution is -2.61. The van der Waals surface area contributed by atoms with E-state index in [1.54, 1.807) is 6.08 Å². The van der Waals surface area contributed by atoms with E-state index >= 15 is 0 Å². The largest absolute Gasteiger partial charge is 0.454 e. The summed E-state index contributed by atoms with van der Waals surface area (Å²) in [6.45, 7) is 5.50. The molecule has 0 aromatic rings. The maximum Gasteiger partial charge on any atom is 0.306 e. The average Bonchev–Trinajstić information content (AvgIpc) is 3.44. The van der Waals surface area contributed by atoms with Gasteiger partial charge in [-0.3, -0.25) is 9.59 Å². The van der Waals surface area contributed by atoms with Crippen molar-refractivity contribution in [2.24, 2.45) is 0 Å². The fourth-order valence-electron chi connectivity index (χ4n) is 9.01. The standard InChI is InChI=1S/C68H113NO10/c1-4-7-10-13-16-19-22-24-25-26-27-28-29-30-31-32-33-34-35-36-38-40-43-46-49-52-55-61(72)67(76)69-59(60(71)54-51-48-45-42-39-21-18-15-12-9-6-3)58-77-68-66(65(75)64(74)62(57-70)78-68)79-63(73)56-53-50-47-44-41-37-23-20-17-14-11-8-5-2/h7-8,10-11,14,16-17,19-20,23-25,27-28,30-31,33-34,51,54,59-62,64-66,68,70-72,74-75H,4-6,9,12-13,15,18,21-22,26,29,32,35-50,52-53,55-58H2,1-3H3,(H,69,76)/b10-7-,11-8+,17-14+,19-16-,23-20-,25-24-,28-27-,31-30-,34-33-,54-51+. The summed E-state index contributed by atoms with van der Waals surface area (Å²) in [5, 5.41) is 56.9. The topological polar surface area (TPSA) is 175 Å². The molecule has 1 rings (SSSR count). The van der Waals surface area contributed by atoms with Gasteiger partial charge in [0.15, 0.2) is 12.4 Å². The maximum atomic E-state index is 13.4. The van der Waals surface area contributed by atoms with Crippen molar-refractivity contribution in [3.8, 4) is 0 Å². The van der Waals surface area contributed by atoms with Crippen molar-refractivity contribution < 1.29 is 49.3 Å². The molecule has 11 heteroatoms. The molecule has 8 atom stereocenters. The molecule has 0 aliphatic carbocycles. The van der Waals surface area contributed by atoms with Gasteiger partial charge in [-0.05, 0) is 96.3 Å². The number of nitrogens with one attached hydrogen (secondary N) is 1. The average molecular weight is 1100 g/mol. The zero-order valence-electron chi connectivity index (χ0n) is 49.7. The number of unbranched alkanes of at least 4 members (excludes halogenated alkanes) is 21. The van der Waals surface area contributed by atoms with Crippen LogP contribution in [0.4, 0.5) is 0 Å². The van der Waals surface area contributed by atoms with Gasteiger partial charge in [0, 0.05) is 6.42 Å². The minimum absolute atomic E-state index is 0.0935. The van der Waals surface area contributed by atoms with Crippen molar-refractivity contribution in [1.82, 2.24) is 5.32 Å². The maximum absolute atomic E-state index is 13.4. The summed E-state index contributed by atoms with van der Waals surface area (Å²) in [5.74, 6) is -1.23. The zero-order valence-corrected chi connectivity index (χ0v) is 49.7. The zero-order chi connectivity index (χ0) is 57.5. The molecule has 0 radical (unpaired) electrons. The molecular formula is C68H113NO10. The minimum Gasteiger partial charge on any atom is -0.454 e. The molecule has 0 bridgehead atoms. The lowest BCUT2D eigenvalue weighted by atomic mass is 9.99. The fraction of sp³-hybridized carbons (Fsp3) is 0.676. The van der Waals surface area contributed by atoms with Crippen molar-refractivity contribution >= 4 is 11.9 Å². The second-order valence-corrected chi connectivity index (χ2v) is 21.1. The third kappa shape index (κ3) is 42.6. The molecular weight excluding hydrogens is 991 g/mol. The summed E-state index contributed by atoms with van der Waals surface area (Å²) in [5.41, 5.74) is 0. The van der Waals surface area contributed by atoms with Gasteiger partial charge in [-0.2, -0.15) is 0 Å². The summed E-state index contributed by atoms with van der Waals surface area (Å²) in [4.78, 5) is 26.5. The molecule has 1 amide bonds. The van der Waals surface area contributed by atoms with Crippen LogP contribution in [0.25, 0.3) is 0 Å². The van der Waals surface area contributed by atoms with E-state index in [4.69, 9.17) is 14.2 Å². The summed E-state index contributed by atoms with van der Waals surface area (Å²) < 4.78 is 17.6. The SMILES string of the molecule is CC/C=C\C/C=C\C/C=C\C/C=C\C/C=C\C/C=C\CCCCCCCCCC(O)C(=O)NC(COC1OC(CO)C(O)C(O)C1OC(=O)CCCCCCC\C=C/C=C/C=C/CC)C(O)/C=C/CCCCCCCCCCC. The molecule has 1 aliphatic heterocycles. The predicted molar refractivity (Wildman–Crippen MR) is 328 cm³/mol. The van der Waals surface area contributed by atoms with Crippen molar-refractivity contribution in [1.29, 1.82) is 0 Å². The number of esters is 1. The van der Waals surface area contributed by atoms with E-state index in [2.05, 4.69) is 117 Å². The van der Waals surface area contributed by atoms with E-state index in [-0.39, 0.29) is 19.4 Å². The quantitative estimate of drug-likeness (QED) is 0.0149. The van der Waals surface area contributed by atoms with Gasteiger partial charge in [0.05, 0.1) is 25.4 Å². The first-order chi connectivity index (χ1) is 38.7. The minimum atomic E-state index is -1.63. The molecule has 0 aromatic carbocycles. The summed E-state index contributed by atoms with van der Waals surface area (Å²) in [6.07, 6.45) is 65.3. The fourth-order valence-corrected chi connectivity index (χ4v) is 9.01. The van der Waals surface area contributed by atoms with Crippen LogP contribution in [0.2, 0.25) is 0 Å². The van der Waals surface area contributed by atoms with Gasteiger partial charge in [0.1, 0.15) is 24.4 Å². The van der Waals surface area contributed by atoms with E-state index in [1.807, 2.05) is 24.3 Å². The van der Waals surface area contributed by atoms with Gasteiger partial charge in [-0.1, -0.05) is 251 Å². The van der Waals surface area contributed by atoms with Gasteiger partial charge in [-0.25, -0.2) is 0 Å². The van der Waals surface area contributed by atoms with Crippen molar-refractivity contribution in [3.05, 3.63) is 122 Å². The third-order valence-corrected chi connectivity index (χ3v) is 13.9. The Morgan fingerprint density at radius 2 is 0.975 bits per heavy atom. The Morgan fingerprint density at radius 3 is 1.51 bits per heavy atom. The highest BCUT2D eigenvalue weighted by molar-refractivity contribution is 5.80. The molecule has 1 heterocycles. The summed E-state index contributed by atoms with van der Waals surface area (Å²) >= 11 is 0. The highest BCUT2D eigenvalue weighted by atomic mass is 16.7. The van der Waals surface area contributed by atoms with Crippen molar-refractivity contribution in [2.45, 2.75) is 282 Å². The van der Waals surface area contributed by atoms with Gasteiger partial charge >= 0.3 is 5.97 Å². The number of aliphatic hydroxyl groups is 5. The molecule has 11 nitrogen and oxygen atoms in total.